The maximum absolute atomic E-state index is 13.0. The van der Waals surface area contributed by atoms with Crippen molar-refractivity contribution in [1.82, 2.24) is 0 Å². The van der Waals surface area contributed by atoms with Crippen molar-refractivity contribution >= 4 is 27.3 Å². The number of hydrogen-bond acceptors (Lipinski definition) is 4. The number of anilines is 2. The molecular formula is C21H26N2O4S. The molecule has 1 heterocycles. The molecule has 7 heteroatoms. The molecule has 1 aliphatic rings. The summed E-state index contributed by atoms with van der Waals surface area (Å²) in [6.07, 6.45) is 0.778. The molecule has 2 aromatic carbocycles. The van der Waals surface area contributed by atoms with Crippen LogP contribution in [-0.4, -0.2) is 27.5 Å². The summed E-state index contributed by atoms with van der Waals surface area (Å²) < 4.78 is 33.9. The van der Waals surface area contributed by atoms with Gasteiger partial charge in [-0.1, -0.05) is 19.1 Å². The van der Waals surface area contributed by atoms with Gasteiger partial charge in [0.15, 0.2) is 0 Å². The van der Waals surface area contributed by atoms with Crippen LogP contribution in [0, 0.1) is 12.3 Å². The van der Waals surface area contributed by atoms with Crippen LogP contribution in [0.25, 0.3) is 0 Å². The zero-order valence-electron chi connectivity index (χ0n) is 16.7. The van der Waals surface area contributed by atoms with Crippen LogP contribution in [-0.2, 0) is 14.8 Å². The molecule has 0 fully saturated rings. The SMILES string of the molecule is CCCN1C(=O)C(C)(C)COc2ccc(NS(=O)(=O)c3cccc(C)c3)cc21. The number of hydrogen-bond donors (Lipinski definition) is 1. The molecule has 6 nitrogen and oxygen atoms in total. The van der Waals surface area contributed by atoms with Gasteiger partial charge in [0.25, 0.3) is 10.0 Å². The van der Waals surface area contributed by atoms with Crippen molar-refractivity contribution < 1.29 is 17.9 Å². The third-order valence-electron chi connectivity index (χ3n) is 4.66. The number of fused-ring (bicyclic) bond motifs is 1. The number of carbonyl (C=O) groups is 1. The van der Waals surface area contributed by atoms with Gasteiger partial charge in [-0.3, -0.25) is 9.52 Å². The average molecular weight is 403 g/mol. The van der Waals surface area contributed by atoms with E-state index in [-0.39, 0.29) is 17.4 Å². The Morgan fingerprint density at radius 3 is 2.61 bits per heavy atom. The van der Waals surface area contributed by atoms with Crippen LogP contribution in [0.3, 0.4) is 0 Å². The Morgan fingerprint density at radius 2 is 1.93 bits per heavy atom. The van der Waals surface area contributed by atoms with Crippen molar-refractivity contribution in [1.29, 1.82) is 0 Å². The first-order chi connectivity index (χ1) is 13.1. The lowest BCUT2D eigenvalue weighted by Crippen LogP contribution is -2.42. The van der Waals surface area contributed by atoms with Crippen molar-refractivity contribution in [3.05, 3.63) is 48.0 Å². The van der Waals surface area contributed by atoms with Crippen molar-refractivity contribution in [3.8, 4) is 5.75 Å². The first-order valence-electron chi connectivity index (χ1n) is 9.32. The standard InChI is InChI=1S/C21H26N2O4S/c1-5-11-23-18-13-16(9-10-19(18)27-14-21(3,4)20(23)24)22-28(25,26)17-8-6-7-15(2)12-17/h6-10,12-13,22H,5,11,14H2,1-4H3. The predicted molar refractivity (Wildman–Crippen MR) is 110 cm³/mol. The highest BCUT2D eigenvalue weighted by atomic mass is 32.2. The van der Waals surface area contributed by atoms with Crippen LogP contribution in [0.15, 0.2) is 47.4 Å². The Kier molecular flexibility index (Phi) is 5.39. The number of nitrogens with one attached hydrogen (secondary N) is 1. The van der Waals surface area contributed by atoms with Gasteiger partial charge in [0.05, 0.1) is 21.7 Å². The highest BCUT2D eigenvalue weighted by Crippen LogP contribution is 2.38. The van der Waals surface area contributed by atoms with Gasteiger partial charge < -0.3 is 9.64 Å². The first-order valence-corrected chi connectivity index (χ1v) is 10.8. The summed E-state index contributed by atoms with van der Waals surface area (Å²) in [6, 6.07) is 11.7. The average Bonchev–Trinajstić information content (AvgIpc) is 2.72. The van der Waals surface area contributed by atoms with E-state index >= 15 is 0 Å². The van der Waals surface area contributed by atoms with Crippen LogP contribution < -0.4 is 14.4 Å². The predicted octanol–water partition coefficient (Wildman–Crippen LogP) is 3.96. The van der Waals surface area contributed by atoms with Crippen LogP contribution in [0.1, 0.15) is 32.8 Å². The molecule has 28 heavy (non-hydrogen) atoms. The maximum Gasteiger partial charge on any atom is 0.261 e. The summed E-state index contributed by atoms with van der Waals surface area (Å²) in [5.41, 5.74) is 1.18. The molecule has 0 saturated carbocycles. The number of ether oxygens (including phenoxy) is 1. The Hall–Kier alpha value is -2.54. The molecule has 0 radical (unpaired) electrons. The number of benzene rings is 2. The smallest absolute Gasteiger partial charge is 0.261 e. The minimum atomic E-state index is -3.73. The van der Waals surface area contributed by atoms with Gasteiger partial charge in [0, 0.05) is 6.54 Å². The molecule has 2 aromatic rings. The van der Waals surface area contributed by atoms with Gasteiger partial charge in [-0.25, -0.2) is 8.42 Å². The minimum absolute atomic E-state index is 0.0354. The Balaban J connectivity index is 1.99. The number of amides is 1. The zero-order chi connectivity index (χ0) is 20.5. The van der Waals surface area contributed by atoms with Crippen LogP contribution in [0.5, 0.6) is 5.75 Å². The van der Waals surface area contributed by atoms with Gasteiger partial charge in [0.1, 0.15) is 12.4 Å². The molecule has 1 aliphatic heterocycles. The number of aryl methyl sites for hydroxylation is 1. The lowest BCUT2D eigenvalue weighted by atomic mass is 9.93. The monoisotopic (exact) mass is 402 g/mol. The molecule has 0 saturated heterocycles. The lowest BCUT2D eigenvalue weighted by molar-refractivity contribution is -0.127. The van der Waals surface area contributed by atoms with Crippen molar-refractivity contribution in [2.45, 2.75) is 39.0 Å². The summed E-state index contributed by atoms with van der Waals surface area (Å²) in [5, 5.41) is 0. The maximum atomic E-state index is 13.0. The fraction of sp³-hybridized carbons (Fsp3) is 0.381. The van der Waals surface area contributed by atoms with E-state index in [1.807, 2.05) is 33.8 Å². The van der Waals surface area contributed by atoms with E-state index in [0.717, 1.165) is 12.0 Å². The number of sulfonamides is 1. The molecule has 3 rings (SSSR count). The number of rotatable bonds is 5. The van der Waals surface area contributed by atoms with Crippen LogP contribution >= 0.6 is 0 Å². The topological polar surface area (TPSA) is 75.7 Å². The third-order valence-corrected chi connectivity index (χ3v) is 6.04. The molecule has 0 aliphatic carbocycles. The molecular weight excluding hydrogens is 376 g/mol. The Bertz CT molecular complexity index is 999. The minimum Gasteiger partial charge on any atom is -0.490 e. The van der Waals surface area contributed by atoms with Crippen molar-refractivity contribution in [3.63, 3.8) is 0 Å². The fourth-order valence-corrected chi connectivity index (χ4v) is 4.30. The molecule has 0 atom stereocenters. The van der Waals surface area contributed by atoms with E-state index in [2.05, 4.69) is 4.72 Å². The van der Waals surface area contributed by atoms with Crippen molar-refractivity contribution in [2.24, 2.45) is 5.41 Å². The first kappa shape index (κ1) is 20.2. The molecule has 0 aromatic heterocycles. The quantitative estimate of drug-likeness (QED) is 0.821. The summed E-state index contributed by atoms with van der Waals surface area (Å²) >= 11 is 0. The van der Waals surface area contributed by atoms with E-state index < -0.39 is 15.4 Å². The Labute approximate surface area is 166 Å². The number of nitrogens with zero attached hydrogens (tertiary/aromatic N) is 1. The second kappa shape index (κ2) is 7.47. The third kappa shape index (κ3) is 3.99. The van der Waals surface area contributed by atoms with E-state index in [0.29, 0.717) is 23.7 Å². The highest BCUT2D eigenvalue weighted by molar-refractivity contribution is 7.92. The van der Waals surface area contributed by atoms with Gasteiger partial charge >= 0.3 is 0 Å². The highest BCUT2D eigenvalue weighted by Gasteiger charge is 2.37. The van der Waals surface area contributed by atoms with Gasteiger partial charge in [-0.15, -0.1) is 0 Å². The van der Waals surface area contributed by atoms with E-state index in [1.54, 1.807) is 41.3 Å². The van der Waals surface area contributed by atoms with Gasteiger partial charge in [-0.05, 0) is 63.1 Å². The molecule has 0 bridgehead atoms. The second-order valence-corrected chi connectivity index (χ2v) is 9.42. The molecule has 0 unspecified atom stereocenters. The lowest BCUT2D eigenvalue weighted by Gasteiger charge is -2.28. The summed E-state index contributed by atoms with van der Waals surface area (Å²) in [7, 11) is -3.73. The number of carbonyl (C=O) groups excluding carboxylic acids is 1. The summed E-state index contributed by atoms with van der Waals surface area (Å²) in [4.78, 5) is 14.9. The zero-order valence-corrected chi connectivity index (χ0v) is 17.5. The summed E-state index contributed by atoms with van der Waals surface area (Å²) in [6.45, 7) is 8.35. The second-order valence-electron chi connectivity index (χ2n) is 7.73. The molecule has 1 N–H and O–H groups in total. The van der Waals surface area contributed by atoms with Crippen molar-refractivity contribution in [2.75, 3.05) is 22.8 Å². The van der Waals surface area contributed by atoms with E-state index in [1.165, 1.54) is 0 Å². The Morgan fingerprint density at radius 1 is 1.18 bits per heavy atom. The summed E-state index contributed by atoms with van der Waals surface area (Å²) in [5.74, 6) is 0.540. The van der Waals surface area contributed by atoms with E-state index in [9.17, 15) is 13.2 Å². The largest absolute Gasteiger partial charge is 0.490 e. The fourth-order valence-electron chi connectivity index (χ4n) is 3.15. The molecule has 150 valence electrons. The van der Waals surface area contributed by atoms with Gasteiger partial charge in [-0.2, -0.15) is 0 Å². The van der Waals surface area contributed by atoms with Gasteiger partial charge in [0.2, 0.25) is 5.91 Å². The molecule has 1 amide bonds. The normalized spacial score (nSPS) is 16.1. The van der Waals surface area contributed by atoms with Crippen LogP contribution in [0.2, 0.25) is 0 Å². The van der Waals surface area contributed by atoms with Crippen LogP contribution in [0.4, 0.5) is 11.4 Å². The molecule has 0 spiro atoms. The van der Waals surface area contributed by atoms with E-state index in [4.69, 9.17) is 4.74 Å².